The molecule has 0 bridgehead atoms. The Bertz CT molecular complexity index is 404. The van der Waals surface area contributed by atoms with Gasteiger partial charge in [0.15, 0.2) is 0 Å². The molecule has 18 heavy (non-hydrogen) atoms. The van der Waals surface area contributed by atoms with Gasteiger partial charge in [-0.25, -0.2) is 0 Å². The molecule has 1 aliphatic rings. The van der Waals surface area contributed by atoms with Crippen LogP contribution in [0, 0.1) is 5.92 Å². The summed E-state index contributed by atoms with van der Waals surface area (Å²) in [6.07, 6.45) is 5.83. The number of pyridine rings is 1. The van der Waals surface area contributed by atoms with E-state index in [0.717, 1.165) is 12.3 Å². The Kier molecular flexibility index (Phi) is 4.84. The van der Waals surface area contributed by atoms with E-state index in [4.69, 9.17) is 17.0 Å². The first-order chi connectivity index (χ1) is 8.81. The second kappa shape index (κ2) is 6.61. The maximum Gasteiger partial charge on any atom is 0.149 e. The zero-order chi connectivity index (χ0) is 12.8. The summed E-state index contributed by atoms with van der Waals surface area (Å²) in [5, 5.41) is 3.12. The summed E-state index contributed by atoms with van der Waals surface area (Å²) in [5.74, 6) is 0.707. The molecule has 1 aliphatic carbocycles. The smallest absolute Gasteiger partial charge is 0.149 e. The SMILES string of the molecule is C=CCNC(=S)C(OCC1CC1)c1ccccn1. The van der Waals surface area contributed by atoms with Crippen LogP contribution in [0.15, 0.2) is 37.1 Å². The van der Waals surface area contributed by atoms with Gasteiger partial charge in [0.1, 0.15) is 11.1 Å². The summed E-state index contributed by atoms with van der Waals surface area (Å²) < 4.78 is 5.91. The van der Waals surface area contributed by atoms with Crippen molar-refractivity contribution in [3.8, 4) is 0 Å². The van der Waals surface area contributed by atoms with Crippen LogP contribution < -0.4 is 5.32 Å². The molecule has 0 amide bonds. The third-order valence-corrected chi connectivity index (χ3v) is 3.17. The number of hydrogen-bond donors (Lipinski definition) is 1. The quantitative estimate of drug-likeness (QED) is 0.605. The highest BCUT2D eigenvalue weighted by Crippen LogP contribution is 2.31. The molecule has 1 N–H and O–H groups in total. The molecule has 1 aromatic heterocycles. The summed E-state index contributed by atoms with van der Waals surface area (Å²) >= 11 is 5.37. The molecule has 4 heteroatoms. The molecule has 0 aromatic carbocycles. The Morgan fingerprint density at radius 3 is 3.06 bits per heavy atom. The van der Waals surface area contributed by atoms with Gasteiger partial charge in [-0.2, -0.15) is 0 Å². The first-order valence-electron chi connectivity index (χ1n) is 6.22. The molecule has 0 radical (unpaired) electrons. The second-order valence-electron chi connectivity index (χ2n) is 4.45. The van der Waals surface area contributed by atoms with Crippen molar-refractivity contribution in [2.75, 3.05) is 13.2 Å². The summed E-state index contributed by atoms with van der Waals surface area (Å²) in [7, 11) is 0. The molecule has 1 aromatic rings. The molecule has 1 unspecified atom stereocenters. The van der Waals surface area contributed by atoms with Crippen LogP contribution in [0.3, 0.4) is 0 Å². The monoisotopic (exact) mass is 262 g/mol. The number of nitrogens with zero attached hydrogens (tertiary/aromatic N) is 1. The van der Waals surface area contributed by atoms with Gasteiger partial charge >= 0.3 is 0 Å². The molecular formula is C14H18N2OS. The third-order valence-electron chi connectivity index (χ3n) is 2.81. The van der Waals surface area contributed by atoms with E-state index in [1.807, 2.05) is 18.2 Å². The van der Waals surface area contributed by atoms with E-state index in [9.17, 15) is 0 Å². The second-order valence-corrected chi connectivity index (χ2v) is 4.89. The number of ether oxygens (including phenoxy) is 1. The molecule has 2 rings (SSSR count). The number of hydrogen-bond acceptors (Lipinski definition) is 3. The molecule has 1 heterocycles. The molecule has 96 valence electrons. The summed E-state index contributed by atoms with van der Waals surface area (Å²) in [5.41, 5.74) is 0.861. The van der Waals surface area contributed by atoms with E-state index in [-0.39, 0.29) is 6.10 Å². The third kappa shape index (κ3) is 3.89. The first kappa shape index (κ1) is 13.2. The van der Waals surface area contributed by atoms with E-state index in [2.05, 4.69) is 16.9 Å². The summed E-state index contributed by atoms with van der Waals surface area (Å²) in [6, 6.07) is 5.78. The topological polar surface area (TPSA) is 34.1 Å². The standard InChI is InChI=1S/C14H18N2OS/c1-2-8-16-14(18)13(17-10-11-6-7-11)12-5-3-4-9-15-12/h2-5,9,11,13H,1,6-8,10H2,(H,16,18). The Balaban J connectivity index is 2.00. The van der Waals surface area contributed by atoms with Gasteiger partial charge in [-0.3, -0.25) is 4.98 Å². The maximum atomic E-state index is 5.91. The fourth-order valence-corrected chi connectivity index (χ4v) is 1.88. The van der Waals surface area contributed by atoms with E-state index < -0.39 is 0 Å². The van der Waals surface area contributed by atoms with Gasteiger partial charge in [0, 0.05) is 12.7 Å². The average Bonchev–Trinajstić information content (AvgIpc) is 3.22. The first-order valence-corrected chi connectivity index (χ1v) is 6.63. The number of thiocarbonyl (C=S) groups is 1. The highest BCUT2D eigenvalue weighted by Gasteiger charge is 2.25. The van der Waals surface area contributed by atoms with Gasteiger partial charge in [-0.05, 0) is 30.9 Å². The minimum atomic E-state index is -0.248. The van der Waals surface area contributed by atoms with Crippen LogP contribution in [-0.4, -0.2) is 23.1 Å². The van der Waals surface area contributed by atoms with Crippen LogP contribution in [0.25, 0.3) is 0 Å². The fourth-order valence-electron chi connectivity index (χ4n) is 1.61. The van der Waals surface area contributed by atoms with Gasteiger partial charge in [0.05, 0.1) is 12.3 Å². The predicted molar refractivity (Wildman–Crippen MR) is 76.5 cm³/mol. The Hall–Kier alpha value is -1.26. The predicted octanol–water partition coefficient (Wildman–Crippen LogP) is 2.65. The Labute approximate surface area is 113 Å². The van der Waals surface area contributed by atoms with Crippen molar-refractivity contribution in [2.45, 2.75) is 18.9 Å². The maximum absolute atomic E-state index is 5.91. The van der Waals surface area contributed by atoms with Crippen LogP contribution in [0.4, 0.5) is 0 Å². The van der Waals surface area contributed by atoms with E-state index in [0.29, 0.717) is 17.5 Å². The minimum Gasteiger partial charge on any atom is -0.374 e. The molecule has 0 spiro atoms. The van der Waals surface area contributed by atoms with Gasteiger partial charge in [0.2, 0.25) is 0 Å². The summed E-state index contributed by atoms with van der Waals surface area (Å²) in [4.78, 5) is 5.00. The lowest BCUT2D eigenvalue weighted by Crippen LogP contribution is -2.30. The normalized spacial score (nSPS) is 16.0. The lowest BCUT2D eigenvalue weighted by Gasteiger charge is -2.19. The number of rotatable bonds is 7. The van der Waals surface area contributed by atoms with Crippen molar-refractivity contribution in [3.63, 3.8) is 0 Å². The zero-order valence-corrected chi connectivity index (χ0v) is 11.2. The number of aromatic nitrogens is 1. The Morgan fingerprint density at radius 2 is 2.44 bits per heavy atom. The lowest BCUT2D eigenvalue weighted by molar-refractivity contribution is 0.0861. The largest absolute Gasteiger partial charge is 0.374 e. The fraction of sp³-hybridized carbons (Fsp3) is 0.429. The van der Waals surface area contributed by atoms with E-state index >= 15 is 0 Å². The van der Waals surface area contributed by atoms with E-state index in [1.54, 1.807) is 12.3 Å². The highest BCUT2D eigenvalue weighted by atomic mass is 32.1. The van der Waals surface area contributed by atoms with Crippen molar-refractivity contribution in [1.82, 2.24) is 10.3 Å². The number of nitrogens with one attached hydrogen (secondary N) is 1. The van der Waals surface area contributed by atoms with Gasteiger partial charge in [0.25, 0.3) is 0 Å². The molecule has 1 saturated carbocycles. The van der Waals surface area contributed by atoms with Crippen molar-refractivity contribution >= 4 is 17.2 Å². The van der Waals surface area contributed by atoms with Crippen molar-refractivity contribution in [3.05, 3.63) is 42.7 Å². The van der Waals surface area contributed by atoms with E-state index in [1.165, 1.54) is 12.8 Å². The van der Waals surface area contributed by atoms with Gasteiger partial charge in [-0.1, -0.05) is 24.4 Å². The van der Waals surface area contributed by atoms with Crippen LogP contribution in [0.1, 0.15) is 24.6 Å². The molecule has 1 fully saturated rings. The Morgan fingerprint density at radius 1 is 1.61 bits per heavy atom. The molecule has 3 nitrogen and oxygen atoms in total. The molecular weight excluding hydrogens is 244 g/mol. The molecule has 0 aliphatic heterocycles. The van der Waals surface area contributed by atoms with Crippen LogP contribution in [-0.2, 0) is 4.74 Å². The zero-order valence-electron chi connectivity index (χ0n) is 10.3. The van der Waals surface area contributed by atoms with Crippen molar-refractivity contribution in [2.24, 2.45) is 5.92 Å². The molecule has 1 atom stereocenters. The van der Waals surface area contributed by atoms with Crippen molar-refractivity contribution < 1.29 is 4.74 Å². The van der Waals surface area contributed by atoms with Crippen LogP contribution >= 0.6 is 12.2 Å². The van der Waals surface area contributed by atoms with Gasteiger partial charge < -0.3 is 10.1 Å². The lowest BCUT2D eigenvalue weighted by atomic mass is 10.2. The van der Waals surface area contributed by atoms with Crippen LogP contribution in [0.5, 0.6) is 0 Å². The average molecular weight is 262 g/mol. The summed E-state index contributed by atoms with van der Waals surface area (Å²) in [6.45, 7) is 5.08. The molecule has 0 saturated heterocycles. The van der Waals surface area contributed by atoms with Crippen molar-refractivity contribution in [1.29, 1.82) is 0 Å². The highest BCUT2D eigenvalue weighted by molar-refractivity contribution is 7.80. The minimum absolute atomic E-state index is 0.248. The van der Waals surface area contributed by atoms with Crippen LogP contribution in [0.2, 0.25) is 0 Å². The van der Waals surface area contributed by atoms with Gasteiger partial charge in [-0.15, -0.1) is 6.58 Å².